The van der Waals surface area contributed by atoms with Crippen molar-refractivity contribution in [2.45, 2.75) is 43.0 Å². The first-order valence-corrected chi connectivity index (χ1v) is 18.3. The first kappa shape index (κ1) is 36.7. The molecule has 16 heteroatoms. The van der Waals surface area contributed by atoms with Crippen molar-refractivity contribution in [3.8, 4) is 23.0 Å². The van der Waals surface area contributed by atoms with Crippen molar-refractivity contribution >= 4 is 50.4 Å². The van der Waals surface area contributed by atoms with E-state index in [-0.39, 0.29) is 35.3 Å². The third kappa shape index (κ3) is 9.41. The van der Waals surface area contributed by atoms with Crippen molar-refractivity contribution in [3.63, 3.8) is 0 Å². The van der Waals surface area contributed by atoms with Gasteiger partial charge in [-0.25, -0.2) is 19.9 Å². The number of pyridine rings is 2. The summed E-state index contributed by atoms with van der Waals surface area (Å²) in [5.74, 6) is 2.15. The van der Waals surface area contributed by atoms with Gasteiger partial charge in [0.2, 0.25) is 11.1 Å². The highest BCUT2D eigenvalue weighted by atomic mass is 32.2. The number of rotatable bonds is 9. The maximum absolute atomic E-state index is 11.7. The number of carbonyl (C=O) groups is 2. The van der Waals surface area contributed by atoms with Gasteiger partial charge in [-0.15, -0.1) is 0 Å². The molecule has 0 saturated heterocycles. The quantitative estimate of drug-likeness (QED) is 0.148. The van der Waals surface area contributed by atoms with Crippen LogP contribution in [0.2, 0.25) is 0 Å². The topological polar surface area (TPSA) is 203 Å². The summed E-state index contributed by atoms with van der Waals surface area (Å²) in [7, 11) is 1.87. The molecule has 0 aliphatic heterocycles. The monoisotopic (exact) mass is 735 g/mol. The van der Waals surface area contributed by atoms with Crippen LogP contribution in [-0.2, 0) is 10.8 Å². The number of nitrogens with one attached hydrogen (secondary N) is 3. The van der Waals surface area contributed by atoms with Crippen LogP contribution in [0.15, 0.2) is 90.6 Å². The van der Waals surface area contributed by atoms with E-state index in [2.05, 4.69) is 45.9 Å². The molecule has 4 heterocycles. The normalized spacial score (nSPS) is 15.8. The molecule has 7 rings (SSSR count). The zero-order valence-corrected chi connectivity index (χ0v) is 30.0. The molecule has 272 valence electrons. The lowest BCUT2D eigenvalue weighted by atomic mass is 9.93. The van der Waals surface area contributed by atoms with Crippen LogP contribution in [-0.4, -0.2) is 83.5 Å². The van der Waals surface area contributed by atoms with Gasteiger partial charge in [0, 0.05) is 68.0 Å². The standard InChI is InChI=1S/C21H23N5O3.C16H14N4O3S/c1-22-20(28)18-11-15(8-9-23-18)29-14-6-7-16-13(10-14)12-24-21(25-16)26-17-4-2-3-5-19(17)27;1-17-15(21)14-8-12(5-6-18-14)23-11-3-4-13-10(7-11)9-19-16(20-13)24(2)22/h6-12,17,19,27H,2-5H2,1H3,(H,22,28)(H,24,25,26);3-9H,1-2H3,(H,17,21)/t17-,19-;/m1./s1. The zero-order chi connectivity index (χ0) is 37.3. The lowest BCUT2D eigenvalue weighted by Gasteiger charge is -2.28. The Hall–Kier alpha value is -6.13. The van der Waals surface area contributed by atoms with Crippen molar-refractivity contribution in [2.24, 2.45) is 0 Å². The second-order valence-corrected chi connectivity index (χ2v) is 13.2. The van der Waals surface area contributed by atoms with E-state index < -0.39 is 10.8 Å². The van der Waals surface area contributed by atoms with Crippen LogP contribution in [0.4, 0.5) is 5.95 Å². The van der Waals surface area contributed by atoms with Gasteiger partial charge in [0.05, 0.1) is 34.0 Å². The van der Waals surface area contributed by atoms with E-state index in [1.54, 1.807) is 69.0 Å². The van der Waals surface area contributed by atoms with Crippen molar-refractivity contribution in [1.29, 1.82) is 0 Å². The number of nitrogens with zero attached hydrogens (tertiary/aromatic N) is 6. The Balaban J connectivity index is 0.000000185. The van der Waals surface area contributed by atoms with E-state index >= 15 is 0 Å². The van der Waals surface area contributed by atoms with E-state index in [1.807, 2.05) is 18.2 Å². The van der Waals surface area contributed by atoms with Gasteiger partial charge >= 0.3 is 0 Å². The largest absolute Gasteiger partial charge is 0.457 e. The number of fused-ring (bicyclic) bond motifs is 2. The second kappa shape index (κ2) is 16.9. The number of ether oxygens (including phenoxy) is 2. The van der Waals surface area contributed by atoms with Crippen LogP contribution in [0.5, 0.6) is 23.0 Å². The predicted molar refractivity (Wildman–Crippen MR) is 199 cm³/mol. The van der Waals surface area contributed by atoms with Crippen LogP contribution in [0.3, 0.4) is 0 Å². The molecule has 3 atom stereocenters. The Morgan fingerprint density at radius 2 is 1.25 bits per heavy atom. The number of hydrogen-bond acceptors (Lipinski definition) is 13. The third-order valence-electron chi connectivity index (χ3n) is 8.24. The Kier molecular flexibility index (Phi) is 11.7. The molecule has 15 nitrogen and oxygen atoms in total. The van der Waals surface area contributed by atoms with Crippen molar-refractivity contribution < 1.29 is 28.4 Å². The predicted octanol–water partition coefficient (Wildman–Crippen LogP) is 4.81. The van der Waals surface area contributed by atoms with Crippen LogP contribution in [0, 0.1) is 0 Å². The SMILES string of the molecule is CNC(=O)c1cc(Oc2ccc3nc(N[C@@H]4CCCC[C@H]4O)ncc3c2)ccn1.CNC(=O)c1cc(Oc2ccc3nc(S(C)=O)ncc3c2)ccn1. The molecule has 4 aromatic heterocycles. The number of hydrogen-bond donors (Lipinski definition) is 4. The minimum Gasteiger partial charge on any atom is -0.457 e. The summed E-state index contributed by atoms with van der Waals surface area (Å²) in [5, 5.41) is 20.3. The Bertz CT molecular complexity index is 2290. The molecule has 1 saturated carbocycles. The smallest absolute Gasteiger partial charge is 0.269 e. The van der Waals surface area contributed by atoms with Gasteiger partial charge in [0.1, 0.15) is 34.4 Å². The maximum Gasteiger partial charge on any atom is 0.269 e. The minimum absolute atomic E-state index is 0.00925. The molecule has 0 spiro atoms. The first-order valence-electron chi connectivity index (χ1n) is 16.7. The van der Waals surface area contributed by atoms with Gasteiger partial charge in [0.15, 0.2) is 0 Å². The van der Waals surface area contributed by atoms with Crippen molar-refractivity contribution in [2.75, 3.05) is 25.7 Å². The van der Waals surface area contributed by atoms with Crippen LogP contribution < -0.4 is 25.4 Å². The fourth-order valence-electron chi connectivity index (χ4n) is 5.51. The number of aromatic nitrogens is 6. The van der Waals surface area contributed by atoms with Gasteiger partial charge in [-0.3, -0.25) is 23.8 Å². The number of aliphatic hydroxyl groups is 1. The summed E-state index contributed by atoms with van der Waals surface area (Å²) in [6, 6.07) is 17.3. The molecular formula is C37H37N9O6S. The molecule has 4 N–H and O–H groups in total. The van der Waals surface area contributed by atoms with Crippen LogP contribution >= 0.6 is 0 Å². The van der Waals surface area contributed by atoms with E-state index in [0.717, 1.165) is 42.0 Å². The fourth-order valence-corrected chi connectivity index (χ4v) is 5.94. The van der Waals surface area contributed by atoms with E-state index in [0.29, 0.717) is 39.6 Å². The molecule has 53 heavy (non-hydrogen) atoms. The fraction of sp³-hybridized carbons (Fsp3) is 0.243. The highest BCUT2D eigenvalue weighted by Gasteiger charge is 2.23. The molecule has 2 amide bonds. The van der Waals surface area contributed by atoms with Gasteiger partial charge in [0.25, 0.3) is 11.8 Å². The van der Waals surface area contributed by atoms with Gasteiger partial charge in [-0.1, -0.05) is 12.8 Å². The number of benzene rings is 2. The summed E-state index contributed by atoms with van der Waals surface area (Å²) in [6.07, 6.45) is 11.4. The zero-order valence-electron chi connectivity index (χ0n) is 29.1. The number of carbonyl (C=O) groups excluding carboxylic acids is 2. The number of amides is 2. The van der Waals surface area contributed by atoms with Crippen LogP contribution in [0.25, 0.3) is 21.8 Å². The summed E-state index contributed by atoms with van der Waals surface area (Å²) < 4.78 is 23.1. The molecule has 6 aromatic rings. The number of anilines is 1. The molecule has 1 aliphatic rings. The molecular weight excluding hydrogens is 699 g/mol. The summed E-state index contributed by atoms with van der Waals surface area (Å²) in [5.41, 5.74) is 2.02. The average Bonchev–Trinajstić information content (AvgIpc) is 3.18. The average molecular weight is 736 g/mol. The Morgan fingerprint density at radius 1 is 0.717 bits per heavy atom. The van der Waals surface area contributed by atoms with Gasteiger partial charge in [-0.2, -0.15) is 0 Å². The lowest BCUT2D eigenvalue weighted by Crippen LogP contribution is -2.36. The molecule has 1 aliphatic carbocycles. The summed E-state index contributed by atoms with van der Waals surface area (Å²) in [4.78, 5) is 48.6. The van der Waals surface area contributed by atoms with Crippen LogP contribution in [0.1, 0.15) is 46.7 Å². The van der Waals surface area contributed by atoms with E-state index in [9.17, 15) is 18.9 Å². The number of aliphatic hydroxyl groups excluding tert-OH is 1. The molecule has 1 fully saturated rings. The minimum atomic E-state index is -1.23. The Morgan fingerprint density at radius 3 is 1.79 bits per heavy atom. The maximum atomic E-state index is 11.7. The summed E-state index contributed by atoms with van der Waals surface area (Å²) >= 11 is 0. The van der Waals surface area contributed by atoms with Gasteiger partial charge in [-0.05, 0) is 61.4 Å². The van der Waals surface area contributed by atoms with E-state index in [4.69, 9.17) is 9.47 Å². The molecule has 0 bridgehead atoms. The molecule has 0 radical (unpaired) electrons. The Labute approximate surface area is 307 Å². The van der Waals surface area contributed by atoms with Crippen molar-refractivity contribution in [1.82, 2.24) is 40.5 Å². The highest BCUT2D eigenvalue weighted by Crippen LogP contribution is 2.28. The van der Waals surface area contributed by atoms with Crippen molar-refractivity contribution in [3.05, 3.63) is 96.8 Å². The first-order chi connectivity index (χ1) is 25.7. The highest BCUT2D eigenvalue weighted by molar-refractivity contribution is 7.84. The van der Waals surface area contributed by atoms with Gasteiger partial charge < -0.3 is 30.5 Å². The summed E-state index contributed by atoms with van der Waals surface area (Å²) in [6.45, 7) is 0. The lowest BCUT2D eigenvalue weighted by molar-refractivity contribution is 0.0950. The second-order valence-electron chi connectivity index (χ2n) is 12.0. The van der Waals surface area contributed by atoms with E-state index in [1.165, 1.54) is 18.6 Å². The molecule has 2 aromatic carbocycles. The molecule has 1 unspecified atom stereocenters. The third-order valence-corrected chi connectivity index (χ3v) is 8.95.